The van der Waals surface area contributed by atoms with Crippen molar-refractivity contribution in [2.24, 2.45) is 10.1 Å². The number of aliphatic hydroxyl groups excluding tert-OH is 1. The van der Waals surface area contributed by atoms with Gasteiger partial charge in [0.15, 0.2) is 16.0 Å². The Bertz CT molecular complexity index is 1210. The molecule has 1 unspecified atom stereocenters. The molecule has 36 heavy (non-hydrogen) atoms. The SMILES string of the molecule is CO/N=C(\C(=O)N[C@@H]1C(=O)N2C(C(=O)O)=C(CSC3=NC(=O)C(O)NN3C)CS[C@H]12)c1csc(N)n1. The fourth-order valence-corrected chi connectivity index (χ4v) is 6.47. The Hall–Kier alpha value is -3.19. The summed E-state index contributed by atoms with van der Waals surface area (Å²) in [6, 6.07) is -0.985. The third-order valence-electron chi connectivity index (χ3n) is 5.12. The van der Waals surface area contributed by atoms with Crippen molar-refractivity contribution in [3.05, 3.63) is 22.3 Å². The number of nitrogens with two attached hydrogens (primary N) is 1. The Labute approximate surface area is 215 Å². The van der Waals surface area contributed by atoms with E-state index in [4.69, 9.17) is 10.6 Å². The molecule has 3 aliphatic heterocycles. The maximum atomic E-state index is 12.9. The minimum Gasteiger partial charge on any atom is -0.477 e. The highest BCUT2D eigenvalue weighted by molar-refractivity contribution is 8.14. The Morgan fingerprint density at radius 3 is 2.83 bits per heavy atom. The van der Waals surface area contributed by atoms with Crippen LogP contribution in [0.1, 0.15) is 5.69 Å². The number of carbonyl (C=O) groups excluding carboxylic acids is 3. The summed E-state index contributed by atoms with van der Waals surface area (Å²) >= 11 is 3.47. The number of hydrogen-bond acceptors (Lipinski definition) is 14. The summed E-state index contributed by atoms with van der Waals surface area (Å²) in [5.41, 5.74) is 8.40. The van der Waals surface area contributed by atoms with E-state index in [1.54, 1.807) is 7.05 Å². The minimum atomic E-state index is -1.45. The van der Waals surface area contributed by atoms with Crippen LogP contribution in [0.3, 0.4) is 0 Å². The van der Waals surface area contributed by atoms with Crippen LogP contribution in [-0.4, -0.2) is 103 Å². The number of nitrogen functional groups attached to an aromatic ring is 1. The molecule has 1 fully saturated rings. The van der Waals surface area contributed by atoms with Crippen molar-refractivity contribution >= 4 is 74.6 Å². The first kappa shape index (κ1) is 25.9. The quantitative estimate of drug-likeness (QED) is 0.143. The molecule has 15 nitrogen and oxygen atoms in total. The molecule has 0 aliphatic carbocycles. The first-order chi connectivity index (χ1) is 17.1. The van der Waals surface area contributed by atoms with Crippen LogP contribution in [0.15, 0.2) is 26.8 Å². The summed E-state index contributed by atoms with van der Waals surface area (Å²) in [6.45, 7) is 0. The van der Waals surface area contributed by atoms with Crippen LogP contribution >= 0.6 is 34.9 Å². The number of carboxylic acid groups (broad SMARTS) is 1. The number of fused-ring (bicyclic) bond motifs is 1. The minimum absolute atomic E-state index is 0.131. The molecule has 192 valence electrons. The second-order valence-electron chi connectivity index (χ2n) is 7.42. The lowest BCUT2D eigenvalue weighted by Crippen LogP contribution is -2.71. The molecule has 4 heterocycles. The average Bonchev–Trinajstić information content (AvgIpc) is 3.27. The van der Waals surface area contributed by atoms with Crippen LogP contribution in [0.5, 0.6) is 0 Å². The number of aliphatic imine (C=N–C) groups is 1. The molecule has 6 N–H and O–H groups in total. The van der Waals surface area contributed by atoms with E-state index in [-0.39, 0.29) is 38.9 Å². The molecule has 0 aromatic carbocycles. The molecule has 3 amide bonds. The number of nitrogens with zero attached hydrogens (tertiary/aromatic N) is 5. The van der Waals surface area contributed by atoms with Crippen molar-refractivity contribution in [2.45, 2.75) is 17.6 Å². The predicted molar refractivity (Wildman–Crippen MR) is 132 cm³/mol. The molecule has 1 aromatic heterocycles. The number of carboxylic acids is 1. The highest BCUT2D eigenvalue weighted by Crippen LogP contribution is 2.41. The van der Waals surface area contributed by atoms with Crippen molar-refractivity contribution in [1.29, 1.82) is 0 Å². The average molecular weight is 557 g/mol. The topological polar surface area (TPSA) is 212 Å². The van der Waals surface area contributed by atoms with Gasteiger partial charge in [0, 0.05) is 23.9 Å². The number of thioether (sulfide) groups is 2. The van der Waals surface area contributed by atoms with Crippen LogP contribution in [0.2, 0.25) is 0 Å². The van der Waals surface area contributed by atoms with E-state index < -0.39 is 41.3 Å². The number of amides is 3. The van der Waals surface area contributed by atoms with Crippen molar-refractivity contribution in [2.75, 3.05) is 31.4 Å². The van der Waals surface area contributed by atoms with Gasteiger partial charge in [0.05, 0.1) is 0 Å². The third-order valence-corrected chi connectivity index (χ3v) is 8.25. The summed E-state index contributed by atoms with van der Waals surface area (Å²) in [5, 5.41) is 28.3. The monoisotopic (exact) mass is 556 g/mol. The number of anilines is 1. The van der Waals surface area contributed by atoms with Crippen LogP contribution < -0.4 is 16.5 Å². The Balaban J connectivity index is 1.48. The number of oxime groups is 1. The van der Waals surface area contributed by atoms with Crippen molar-refractivity contribution in [1.82, 2.24) is 25.6 Å². The molecule has 4 rings (SSSR count). The smallest absolute Gasteiger partial charge is 0.352 e. The molecular weight excluding hydrogens is 536 g/mol. The number of β-lactam (4-membered cyclic amide) rings is 1. The molecule has 3 atom stereocenters. The van der Waals surface area contributed by atoms with E-state index in [9.17, 15) is 29.4 Å². The number of carbonyl (C=O) groups is 4. The summed E-state index contributed by atoms with van der Waals surface area (Å²) in [5.74, 6) is -2.99. The molecule has 0 bridgehead atoms. The summed E-state index contributed by atoms with van der Waals surface area (Å²) in [4.78, 5) is 63.1. The van der Waals surface area contributed by atoms with Crippen molar-refractivity contribution < 1.29 is 34.2 Å². The number of aliphatic carboxylic acids is 1. The van der Waals surface area contributed by atoms with Crippen LogP contribution in [-0.2, 0) is 24.0 Å². The summed E-state index contributed by atoms with van der Waals surface area (Å²) in [6.07, 6.45) is -1.45. The van der Waals surface area contributed by atoms with Gasteiger partial charge in [-0.2, -0.15) is 10.4 Å². The zero-order valence-corrected chi connectivity index (χ0v) is 21.1. The molecule has 1 aromatic rings. The van der Waals surface area contributed by atoms with Crippen LogP contribution in [0.25, 0.3) is 0 Å². The second kappa shape index (κ2) is 10.4. The first-order valence-electron chi connectivity index (χ1n) is 10.1. The largest absolute Gasteiger partial charge is 0.477 e. The van der Waals surface area contributed by atoms with E-state index in [1.807, 2.05) is 0 Å². The number of aromatic nitrogens is 1. The molecule has 0 radical (unpaired) electrons. The first-order valence-corrected chi connectivity index (χ1v) is 13.0. The van der Waals surface area contributed by atoms with E-state index in [1.165, 1.54) is 29.3 Å². The van der Waals surface area contributed by atoms with Gasteiger partial charge in [0.2, 0.25) is 6.23 Å². The zero-order chi connectivity index (χ0) is 26.1. The van der Waals surface area contributed by atoms with Gasteiger partial charge >= 0.3 is 5.97 Å². The Kier molecular flexibility index (Phi) is 7.50. The molecule has 3 aliphatic rings. The maximum Gasteiger partial charge on any atom is 0.352 e. The van der Waals surface area contributed by atoms with Gasteiger partial charge in [-0.15, -0.1) is 23.1 Å². The van der Waals surface area contributed by atoms with Crippen molar-refractivity contribution in [3.8, 4) is 0 Å². The lowest BCUT2D eigenvalue weighted by molar-refractivity contribution is -0.150. The highest BCUT2D eigenvalue weighted by Gasteiger charge is 2.54. The number of amidine groups is 1. The normalized spacial score (nSPS) is 24.2. The van der Waals surface area contributed by atoms with Gasteiger partial charge in [0.25, 0.3) is 17.7 Å². The second-order valence-corrected chi connectivity index (χ2v) is 10.4. The van der Waals surface area contributed by atoms with Gasteiger partial charge in [-0.3, -0.25) is 24.3 Å². The maximum absolute atomic E-state index is 12.9. The highest BCUT2D eigenvalue weighted by atomic mass is 32.2. The Morgan fingerprint density at radius 2 is 2.19 bits per heavy atom. The summed E-state index contributed by atoms with van der Waals surface area (Å²) < 4.78 is 0. The van der Waals surface area contributed by atoms with E-state index in [0.29, 0.717) is 5.57 Å². The number of aliphatic hydroxyl groups is 1. The predicted octanol–water partition coefficient (Wildman–Crippen LogP) is -1.80. The van der Waals surface area contributed by atoms with Crippen LogP contribution in [0.4, 0.5) is 5.13 Å². The van der Waals surface area contributed by atoms with E-state index in [2.05, 4.69) is 25.9 Å². The van der Waals surface area contributed by atoms with E-state index >= 15 is 0 Å². The number of thiazole rings is 1. The van der Waals surface area contributed by atoms with E-state index in [0.717, 1.165) is 28.0 Å². The number of rotatable bonds is 7. The third kappa shape index (κ3) is 4.89. The molecule has 0 spiro atoms. The molecular formula is C18H20N8O7S3. The molecule has 1 saturated heterocycles. The number of hydrogen-bond donors (Lipinski definition) is 5. The fraction of sp³-hybridized carbons (Fsp3) is 0.389. The number of nitrogens with one attached hydrogen (secondary N) is 2. The van der Waals surface area contributed by atoms with Crippen molar-refractivity contribution in [3.63, 3.8) is 0 Å². The van der Waals surface area contributed by atoms with Crippen LogP contribution in [0, 0.1) is 0 Å². The Morgan fingerprint density at radius 1 is 1.44 bits per heavy atom. The molecule has 18 heteroatoms. The van der Waals surface area contributed by atoms with Gasteiger partial charge in [-0.1, -0.05) is 16.9 Å². The van der Waals surface area contributed by atoms with Gasteiger partial charge < -0.3 is 26.1 Å². The summed E-state index contributed by atoms with van der Waals surface area (Å²) in [7, 11) is 2.80. The number of hydrazine groups is 1. The van der Waals surface area contributed by atoms with Gasteiger partial charge in [-0.25, -0.2) is 9.78 Å². The standard InChI is InChI=1S/C18H20N8O7S3/c1-25-18(22-12(28)13(29)23-25)36-4-6-3-34-15-9(14(30)26(15)10(6)16(31)32)21-11(27)8(24-33-2)7-5-35-17(19)20-7/h5,9,13,15,23,29H,3-4H2,1-2H3,(H2,19,20)(H,21,27)(H,31,32)/b24-8-/t9-,13?,15-/m1/s1. The van der Waals surface area contributed by atoms with Gasteiger partial charge in [0.1, 0.15) is 29.9 Å². The lowest BCUT2D eigenvalue weighted by atomic mass is 10.0. The fourth-order valence-electron chi connectivity index (χ4n) is 3.50. The molecule has 0 saturated carbocycles. The van der Waals surface area contributed by atoms with Gasteiger partial charge in [-0.05, 0) is 5.57 Å². The zero-order valence-electron chi connectivity index (χ0n) is 18.7. The lowest BCUT2D eigenvalue weighted by Gasteiger charge is -2.49.